The highest BCUT2D eigenvalue weighted by Gasteiger charge is 2.17. The summed E-state index contributed by atoms with van der Waals surface area (Å²) in [6, 6.07) is 12.5. The second kappa shape index (κ2) is 10.1. The highest BCUT2D eigenvalue weighted by atomic mass is 35.5. The normalized spacial score (nSPS) is 14.5. The number of amides is 1. The number of nitrogens with zero attached hydrogens (tertiary/aromatic N) is 5. The molecular weight excluding hydrogens is 432 g/mol. The van der Waals surface area contributed by atoms with Crippen molar-refractivity contribution in [3.63, 3.8) is 0 Å². The van der Waals surface area contributed by atoms with Gasteiger partial charge in [-0.3, -0.25) is 4.79 Å². The molecule has 1 amide bonds. The lowest BCUT2D eigenvalue weighted by atomic mass is 10.2. The van der Waals surface area contributed by atoms with Gasteiger partial charge in [-0.25, -0.2) is 15.0 Å². The molecule has 1 aliphatic heterocycles. The quantitative estimate of drug-likeness (QED) is 0.567. The maximum Gasteiger partial charge on any atom is 0.258 e. The van der Waals surface area contributed by atoms with Crippen LogP contribution in [0.3, 0.4) is 0 Å². The number of carbonyl (C=O) groups excluding carboxylic acids is 1. The zero-order valence-electron chi connectivity index (χ0n) is 17.2. The highest BCUT2D eigenvalue weighted by molar-refractivity contribution is 7.98. The van der Waals surface area contributed by atoms with Crippen LogP contribution in [0.2, 0.25) is 5.02 Å². The van der Waals surface area contributed by atoms with Crippen LogP contribution >= 0.6 is 23.4 Å². The molecule has 3 heterocycles. The largest absolute Gasteiger partial charge is 0.338 e. The lowest BCUT2D eigenvalue weighted by Gasteiger charge is -2.32. The molecule has 1 fully saturated rings. The Kier molecular flexibility index (Phi) is 7.01. The average Bonchev–Trinajstić information content (AvgIpc) is 2.78. The van der Waals surface area contributed by atoms with Crippen LogP contribution in [0.1, 0.15) is 16.1 Å². The Bertz CT molecular complexity index is 1060. The van der Waals surface area contributed by atoms with Crippen molar-refractivity contribution >= 4 is 40.9 Å². The number of pyridine rings is 1. The molecule has 2 aromatic heterocycles. The number of aromatic nitrogens is 3. The first-order valence-electron chi connectivity index (χ1n) is 9.98. The topological polar surface area (TPSA) is 74.2 Å². The Morgan fingerprint density at radius 2 is 1.94 bits per heavy atom. The fraction of sp³-hybridized carbons (Fsp3) is 0.273. The second-order valence-corrected chi connectivity index (χ2v) is 8.65. The fourth-order valence-electron chi connectivity index (χ4n) is 3.21. The first kappa shape index (κ1) is 21.5. The van der Waals surface area contributed by atoms with Crippen molar-refractivity contribution in [1.82, 2.24) is 19.9 Å². The summed E-state index contributed by atoms with van der Waals surface area (Å²) in [4.78, 5) is 30.9. The molecule has 1 saturated heterocycles. The Hall–Kier alpha value is -2.68. The summed E-state index contributed by atoms with van der Waals surface area (Å²) in [6.45, 7) is 3.84. The van der Waals surface area contributed by atoms with Gasteiger partial charge in [-0.15, -0.1) is 0 Å². The molecule has 0 radical (unpaired) electrons. The van der Waals surface area contributed by atoms with E-state index in [1.54, 1.807) is 48.8 Å². The molecule has 1 N–H and O–H groups in total. The highest BCUT2D eigenvalue weighted by Crippen LogP contribution is 2.25. The second-order valence-electron chi connectivity index (χ2n) is 7.25. The minimum Gasteiger partial charge on any atom is -0.338 e. The number of hydrogen-bond acceptors (Lipinski definition) is 7. The van der Waals surface area contributed by atoms with E-state index in [-0.39, 0.29) is 5.91 Å². The number of piperazine rings is 1. The maximum absolute atomic E-state index is 12.8. The molecule has 0 atom stereocenters. The van der Waals surface area contributed by atoms with Gasteiger partial charge in [0, 0.05) is 55.0 Å². The van der Waals surface area contributed by atoms with Gasteiger partial charge in [0.2, 0.25) is 5.95 Å². The van der Waals surface area contributed by atoms with E-state index in [1.807, 2.05) is 6.07 Å². The summed E-state index contributed by atoms with van der Waals surface area (Å²) in [6.07, 6.45) is 3.48. The molecule has 31 heavy (non-hydrogen) atoms. The maximum atomic E-state index is 12.8. The number of thioether (sulfide) groups is 1. The van der Waals surface area contributed by atoms with Crippen molar-refractivity contribution in [2.24, 2.45) is 0 Å². The molecule has 4 rings (SSSR count). The number of carbonyl (C=O) groups is 1. The third kappa shape index (κ3) is 5.72. The van der Waals surface area contributed by atoms with E-state index < -0.39 is 0 Å². The molecule has 0 unspecified atom stereocenters. The first-order valence-corrected chi connectivity index (χ1v) is 11.3. The van der Waals surface area contributed by atoms with Crippen LogP contribution in [0.15, 0.2) is 59.9 Å². The molecule has 160 valence electrons. The van der Waals surface area contributed by atoms with Gasteiger partial charge >= 0.3 is 0 Å². The van der Waals surface area contributed by atoms with E-state index in [4.69, 9.17) is 16.6 Å². The van der Waals surface area contributed by atoms with Crippen molar-refractivity contribution in [2.75, 3.05) is 43.4 Å². The van der Waals surface area contributed by atoms with Gasteiger partial charge in [-0.05, 0) is 43.4 Å². The number of likely N-dealkylation sites (N-methyl/N-ethyl adjacent to an activating group) is 1. The summed E-state index contributed by atoms with van der Waals surface area (Å²) in [7, 11) is 2.12. The van der Waals surface area contributed by atoms with Crippen LogP contribution in [0, 0.1) is 0 Å². The lowest BCUT2D eigenvalue weighted by molar-refractivity contribution is 0.102. The van der Waals surface area contributed by atoms with E-state index in [2.05, 4.69) is 32.1 Å². The molecule has 0 aliphatic carbocycles. The van der Waals surface area contributed by atoms with E-state index >= 15 is 0 Å². The standard InChI is InChI=1S/C22H23ClN6OS/c1-28-10-12-29(13-11-28)22-25-9-7-18(27-22)15-31-21-19(6-3-8-24-21)20(30)26-17-5-2-4-16(23)14-17/h2-9,14H,10-13,15H2,1H3,(H,26,30). The molecule has 3 aromatic rings. The third-order valence-electron chi connectivity index (χ3n) is 4.94. The van der Waals surface area contributed by atoms with Gasteiger partial charge in [0.25, 0.3) is 5.91 Å². The zero-order valence-corrected chi connectivity index (χ0v) is 18.7. The predicted octanol–water partition coefficient (Wildman–Crippen LogP) is 3.82. The monoisotopic (exact) mass is 454 g/mol. The lowest BCUT2D eigenvalue weighted by Crippen LogP contribution is -2.45. The van der Waals surface area contributed by atoms with Crippen LogP contribution in [0.4, 0.5) is 11.6 Å². The molecule has 0 spiro atoms. The van der Waals surface area contributed by atoms with Gasteiger partial charge in [-0.1, -0.05) is 29.4 Å². The van der Waals surface area contributed by atoms with Gasteiger partial charge in [0.05, 0.1) is 11.3 Å². The van der Waals surface area contributed by atoms with Gasteiger partial charge in [-0.2, -0.15) is 0 Å². The molecule has 1 aliphatic rings. The smallest absolute Gasteiger partial charge is 0.258 e. The van der Waals surface area contributed by atoms with Crippen molar-refractivity contribution in [1.29, 1.82) is 0 Å². The first-order chi connectivity index (χ1) is 15.1. The number of halogens is 1. The van der Waals surface area contributed by atoms with E-state index in [0.29, 0.717) is 27.1 Å². The number of benzene rings is 1. The molecule has 1 aromatic carbocycles. The number of rotatable bonds is 6. The van der Waals surface area contributed by atoms with Crippen LogP contribution in [0.5, 0.6) is 0 Å². The summed E-state index contributed by atoms with van der Waals surface area (Å²) in [5, 5.41) is 4.10. The predicted molar refractivity (Wildman–Crippen MR) is 125 cm³/mol. The van der Waals surface area contributed by atoms with E-state index in [9.17, 15) is 4.79 Å². The fourth-order valence-corrected chi connectivity index (χ4v) is 4.30. The number of anilines is 2. The summed E-state index contributed by atoms with van der Waals surface area (Å²) >= 11 is 7.50. The van der Waals surface area contributed by atoms with Gasteiger partial charge in [0.15, 0.2) is 0 Å². The van der Waals surface area contributed by atoms with Gasteiger partial charge < -0.3 is 15.1 Å². The number of nitrogens with one attached hydrogen (secondary N) is 1. The molecular formula is C22H23ClN6OS. The Balaban J connectivity index is 1.43. The minimum absolute atomic E-state index is 0.223. The third-order valence-corrected chi connectivity index (χ3v) is 6.22. The van der Waals surface area contributed by atoms with Crippen LogP contribution in [0.25, 0.3) is 0 Å². The molecule has 0 bridgehead atoms. The zero-order chi connectivity index (χ0) is 21.6. The minimum atomic E-state index is -0.223. The van der Waals surface area contributed by atoms with E-state index in [1.165, 1.54) is 11.8 Å². The average molecular weight is 455 g/mol. The Labute approximate surface area is 190 Å². The summed E-state index contributed by atoms with van der Waals surface area (Å²) in [5.74, 6) is 1.13. The Morgan fingerprint density at radius 1 is 1.10 bits per heavy atom. The summed E-state index contributed by atoms with van der Waals surface area (Å²) in [5.41, 5.74) is 2.06. The molecule has 0 saturated carbocycles. The molecule has 7 nitrogen and oxygen atoms in total. The SMILES string of the molecule is CN1CCN(c2nccc(CSc3ncccc3C(=O)Nc3cccc(Cl)c3)n2)CC1. The Morgan fingerprint density at radius 3 is 2.74 bits per heavy atom. The van der Waals surface area contributed by atoms with Crippen LogP contribution in [-0.4, -0.2) is 59.0 Å². The number of hydrogen-bond donors (Lipinski definition) is 1. The van der Waals surface area contributed by atoms with Gasteiger partial charge in [0.1, 0.15) is 5.03 Å². The molecule has 9 heteroatoms. The van der Waals surface area contributed by atoms with Crippen molar-refractivity contribution < 1.29 is 4.79 Å². The van der Waals surface area contributed by atoms with Crippen molar-refractivity contribution in [3.8, 4) is 0 Å². The van der Waals surface area contributed by atoms with Crippen LogP contribution in [-0.2, 0) is 5.75 Å². The van der Waals surface area contributed by atoms with E-state index in [0.717, 1.165) is 37.8 Å². The van der Waals surface area contributed by atoms with Crippen molar-refractivity contribution in [2.45, 2.75) is 10.8 Å². The summed E-state index contributed by atoms with van der Waals surface area (Å²) < 4.78 is 0. The van der Waals surface area contributed by atoms with Crippen LogP contribution < -0.4 is 10.2 Å². The van der Waals surface area contributed by atoms with Crippen molar-refractivity contribution in [3.05, 3.63) is 71.1 Å².